The summed E-state index contributed by atoms with van der Waals surface area (Å²) in [5.74, 6) is 0.662. The Hall–Kier alpha value is -1.22. The van der Waals surface area contributed by atoms with Crippen molar-refractivity contribution in [1.29, 1.82) is 0 Å². The molecule has 3 nitrogen and oxygen atoms in total. The molecule has 2 rings (SSSR count). The Bertz CT molecular complexity index is 399. The molecule has 2 amide bonds. The van der Waals surface area contributed by atoms with Gasteiger partial charge in [-0.1, -0.05) is 43.0 Å². The minimum atomic E-state index is -0.0828. The van der Waals surface area contributed by atoms with Crippen LogP contribution >= 0.6 is 11.6 Å². The molecule has 4 heteroatoms. The van der Waals surface area contributed by atoms with Gasteiger partial charge in [-0.2, -0.15) is 0 Å². The lowest BCUT2D eigenvalue weighted by atomic mass is 9.89. The third kappa shape index (κ3) is 5.11. The highest BCUT2D eigenvalue weighted by molar-refractivity contribution is 6.30. The highest BCUT2D eigenvalue weighted by Crippen LogP contribution is 2.22. The van der Waals surface area contributed by atoms with E-state index in [2.05, 4.69) is 10.6 Å². The number of carbonyl (C=O) groups excluding carboxylic acids is 1. The van der Waals surface area contributed by atoms with Crippen molar-refractivity contribution in [2.45, 2.75) is 38.6 Å². The van der Waals surface area contributed by atoms with E-state index in [4.69, 9.17) is 11.6 Å². The Morgan fingerprint density at radius 3 is 2.47 bits per heavy atom. The topological polar surface area (TPSA) is 41.1 Å². The monoisotopic (exact) mass is 280 g/mol. The highest BCUT2D eigenvalue weighted by Gasteiger charge is 2.13. The number of amides is 2. The molecule has 0 aromatic heterocycles. The maximum absolute atomic E-state index is 11.7. The summed E-state index contributed by atoms with van der Waals surface area (Å²) in [5.41, 5.74) is 1.05. The van der Waals surface area contributed by atoms with Gasteiger partial charge in [0, 0.05) is 18.1 Å². The predicted molar refractivity (Wildman–Crippen MR) is 78.3 cm³/mol. The first kappa shape index (κ1) is 14.2. The lowest BCUT2D eigenvalue weighted by Gasteiger charge is -2.21. The zero-order chi connectivity index (χ0) is 13.5. The minimum Gasteiger partial charge on any atom is -0.338 e. The molecule has 1 saturated carbocycles. The number of urea groups is 1. The molecule has 0 radical (unpaired) electrons. The summed E-state index contributed by atoms with van der Waals surface area (Å²) in [5, 5.41) is 6.54. The number of benzene rings is 1. The second-order valence-corrected chi connectivity index (χ2v) is 5.63. The third-order valence-corrected chi connectivity index (χ3v) is 3.89. The van der Waals surface area contributed by atoms with Crippen LogP contribution in [0.1, 0.15) is 37.7 Å². The normalized spacial score (nSPS) is 16.1. The molecule has 0 aliphatic heterocycles. The van der Waals surface area contributed by atoms with Gasteiger partial charge in [0.25, 0.3) is 0 Å². The largest absolute Gasteiger partial charge is 0.338 e. The van der Waals surface area contributed by atoms with E-state index in [0.29, 0.717) is 17.5 Å². The van der Waals surface area contributed by atoms with Crippen LogP contribution in [0, 0.1) is 5.92 Å². The Morgan fingerprint density at radius 1 is 1.11 bits per heavy atom. The molecular formula is C15H21ClN2O. The van der Waals surface area contributed by atoms with Crippen molar-refractivity contribution in [3.05, 3.63) is 34.9 Å². The second-order valence-electron chi connectivity index (χ2n) is 5.19. The fraction of sp³-hybridized carbons (Fsp3) is 0.533. The van der Waals surface area contributed by atoms with Gasteiger partial charge in [0.2, 0.25) is 0 Å². The van der Waals surface area contributed by atoms with Crippen molar-refractivity contribution < 1.29 is 4.79 Å². The molecule has 0 atom stereocenters. The lowest BCUT2D eigenvalue weighted by Crippen LogP contribution is -2.38. The molecular weight excluding hydrogens is 260 g/mol. The molecule has 1 fully saturated rings. The van der Waals surface area contributed by atoms with E-state index in [9.17, 15) is 4.79 Å². The van der Waals surface area contributed by atoms with Gasteiger partial charge in [0.05, 0.1) is 0 Å². The van der Waals surface area contributed by atoms with Crippen molar-refractivity contribution in [2.75, 3.05) is 6.54 Å². The molecule has 1 aliphatic carbocycles. The maximum Gasteiger partial charge on any atom is 0.315 e. The number of carbonyl (C=O) groups is 1. The summed E-state index contributed by atoms with van der Waals surface area (Å²) in [6, 6.07) is 7.42. The molecule has 0 spiro atoms. The smallest absolute Gasteiger partial charge is 0.315 e. The summed E-state index contributed by atoms with van der Waals surface area (Å²) in [7, 11) is 0. The van der Waals surface area contributed by atoms with Gasteiger partial charge >= 0.3 is 6.03 Å². The van der Waals surface area contributed by atoms with Gasteiger partial charge in [-0.05, 0) is 36.5 Å². The third-order valence-electron chi connectivity index (χ3n) is 3.64. The molecule has 1 aromatic carbocycles. The molecule has 0 unspecified atom stereocenters. The van der Waals surface area contributed by atoms with E-state index in [0.717, 1.165) is 12.1 Å². The maximum atomic E-state index is 11.7. The Morgan fingerprint density at radius 2 is 1.79 bits per heavy atom. The molecule has 2 N–H and O–H groups in total. The van der Waals surface area contributed by atoms with Crippen LogP contribution in [0.5, 0.6) is 0 Å². The summed E-state index contributed by atoms with van der Waals surface area (Å²) in [6.07, 6.45) is 6.45. The number of rotatable bonds is 4. The van der Waals surface area contributed by atoms with Gasteiger partial charge in [-0.15, -0.1) is 0 Å². The highest BCUT2D eigenvalue weighted by atomic mass is 35.5. The Labute approximate surface area is 119 Å². The van der Waals surface area contributed by atoms with Gasteiger partial charge in [-0.3, -0.25) is 0 Å². The molecule has 19 heavy (non-hydrogen) atoms. The van der Waals surface area contributed by atoms with Crippen LogP contribution in [0.3, 0.4) is 0 Å². The first-order valence-corrected chi connectivity index (χ1v) is 7.38. The zero-order valence-electron chi connectivity index (χ0n) is 11.1. The number of hydrogen-bond acceptors (Lipinski definition) is 1. The average Bonchev–Trinajstić information content (AvgIpc) is 2.45. The molecule has 1 aromatic rings. The number of hydrogen-bond donors (Lipinski definition) is 2. The van der Waals surface area contributed by atoms with E-state index >= 15 is 0 Å². The van der Waals surface area contributed by atoms with E-state index < -0.39 is 0 Å². The van der Waals surface area contributed by atoms with Crippen molar-refractivity contribution in [3.63, 3.8) is 0 Å². The quantitative estimate of drug-likeness (QED) is 0.867. The van der Waals surface area contributed by atoms with Gasteiger partial charge in [0.15, 0.2) is 0 Å². The molecule has 0 heterocycles. The zero-order valence-corrected chi connectivity index (χ0v) is 11.9. The van der Waals surface area contributed by atoms with Crippen LogP contribution in [-0.2, 0) is 6.54 Å². The average molecular weight is 281 g/mol. The van der Waals surface area contributed by atoms with E-state index in [-0.39, 0.29) is 6.03 Å². The van der Waals surface area contributed by atoms with Crippen LogP contribution in [0.25, 0.3) is 0 Å². The minimum absolute atomic E-state index is 0.0828. The van der Waals surface area contributed by atoms with E-state index in [1.807, 2.05) is 24.3 Å². The van der Waals surface area contributed by atoms with Crippen molar-refractivity contribution in [2.24, 2.45) is 5.92 Å². The molecule has 0 bridgehead atoms. The SMILES string of the molecule is O=C(NCc1ccc(Cl)cc1)NCC1CCCCC1. The van der Waals surface area contributed by atoms with Crippen LogP contribution in [0.2, 0.25) is 5.02 Å². The molecule has 0 saturated heterocycles. The fourth-order valence-electron chi connectivity index (χ4n) is 2.48. The van der Waals surface area contributed by atoms with Crippen LogP contribution in [0.15, 0.2) is 24.3 Å². The summed E-state index contributed by atoms with van der Waals surface area (Å²) < 4.78 is 0. The summed E-state index contributed by atoms with van der Waals surface area (Å²) in [4.78, 5) is 11.7. The second kappa shape index (κ2) is 7.39. The van der Waals surface area contributed by atoms with E-state index in [1.165, 1.54) is 32.1 Å². The Balaban J connectivity index is 1.65. The molecule has 1 aliphatic rings. The van der Waals surface area contributed by atoms with Crippen molar-refractivity contribution >= 4 is 17.6 Å². The number of halogens is 1. The van der Waals surface area contributed by atoms with Crippen molar-refractivity contribution in [1.82, 2.24) is 10.6 Å². The van der Waals surface area contributed by atoms with Crippen molar-refractivity contribution in [3.8, 4) is 0 Å². The van der Waals surface area contributed by atoms with Crippen LogP contribution in [0.4, 0.5) is 4.79 Å². The van der Waals surface area contributed by atoms with Gasteiger partial charge in [0.1, 0.15) is 0 Å². The summed E-state index contributed by atoms with van der Waals surface area (Å²) >= 11 is 5.81. The van der Waals surface area contributed by atoms with Crippen LogP contribution < -0.4 is 10.6 Å². The molecule has 104 valence electrons. The van der Waals surface area contributed by atoms with Crippen LogP contribution in [-0.4, -0.2) is 12.6 Å². The fourth-order valence-corrected chi connectivity index (χ4v) is 2.60. The van der Waals surface area contributed by atoms with Gasteiger partial charge < -0.3 is 10.6 Å². The predicted octanol–water partition coefficient (Wildman–Crippen LogP) is 3.72. The number of nitrogens with one attached hydrogen (secondary N) is 2. The van der Waals surface area contributed by atoms with E-state index in [1.54, 1.807) is 0 Å². The first-order valence-electron chi connectivity index (χ1n) is 7.00. The lowest BCUT2D eigenvalue weighted by molar-refractivity contribution is 0.236. The summed E-state index contributed by atoms with van der Waals surface area (Å²) in [6.45, 7) is 1.33. The van der Waals surface area contributed by atoms with Gasteiger partial charge in [-0.25, -0.2) is 4.79 Å². The Kier molecular flexibility index (Phi) is 5.52. The standard InChI is InChI=1S/C15H21ClN2O/c16-14-8-6-13(7-9-14)11-18-15(19)17-10-12-4-2-1-3-5-12/h6-9,12H,1-5,10-11H2,(H2,17,18,19). The first-order chi connectivity index (χ1) is 9.24.